The predicted molar refractivity (Wildman–Crippen MR) is 80.8 cm³/mol. The van der Waals surface area contributed by atoms with Crippen LogP contribution in [0.5, 0.6) is 0 Å². The van der Waals surface area contributed by atoms with Crippen molar-refractivity contribution in [2.45, 2.75) is 31.5 Å². The summed E-state index contributed by atoms with van der Waals surface area (Å²) in [4.78, 5) is 19.4. The summed E-state index contributed by atoms with van der Waals surface area (Å²) in [6.45, 7) is 0.516. The first kappa shape index (κ1) is 16.9. The van der Waals surface area contributed by atoms with Crippen LogP contribution >= 0.6 is 0 Å². The van der Waals surface area contributed by atoms with Gasteiger partial charge in [0.2, 0.25) is 11.9 Å². The van der Waals surface area contributed by atoms with Crippen LogP contribution < -0.4 is 16.4 Å². The fourth-order valence-corrected chi connectivity index (χ4v) is 3.80. The van der Waals surface area contributed by atoms with Crippen molar-refractivity contribution in [1.29, 1.82) is 0 Å². The third-order valence-electron chi connectivity index (χ3n) is 4.94. The average molecular weight is 343 g/mol. The molecule has 2 aliphatic rings. The number of carbonyl (C=O) groups excluding carboxylic acids is 1. The summed E-state index contributed by atoms with van der Waals surface area (Å²) in [6, 6.07) is 0.729. The van der Waals surface area contributed by atoms with Gasteiger partial charge in [-0.15, -0.1) is 0 Å². The second kappa shape index (κ2) is 6.54. The summed E-state index contributed by atoms with van der Waals surface area (Å²) in [5.41, 5.74) is 5.11. The van der Waals surface area contributed by atoms with Crippen molar-refractivity contribution in [3.63, 3.8) is 0 Å². The molecule has 0 radical (unpaired) electrons. The quantitative estimate of drug-likeness (QED) is 0.703. The molecule has 132 valence electrons. The molecule has 0 aliphatic heterocycles. The van der Waals surface area contributed by atoms with Gasteiger partial charge in [-0.2, -0.15) is 13.2 Å². The minimum Gasteiger partial charge on any atom is -0.354 e. The van der Waals surface area contributed by atoms with E-state index in [1.165, 1.54) is 0 Å². The minimum absolute atomic E-state index is 0.0681. The topological polar surface area (TPSA) is 92.9 Å². The Morgan fingerprint density at radius 2 is 2.04 bits per heavy atom. The van der Waals surface area contributed by atoms with Crippen LogP contribution in [0, 0.1) is 17.8 Å². The summed E-state index contributed by atoms with van der Waals surface area (Å²) in [5, 5.41) is 5.48. The van der Waals surface area contributed by atoms with Gasteiger partial charge in [0.25, 0.3) is 0 Å². The van der Waals surface area contributed by atoms with Gasteiger partial charge in [0, 0.05) is 25.3 Å². The summed E-state index contributed by atoms with van der Waals surface area (Å²) in [7, 11) is 0. The van der Waals surface area contributed by atoms with E-state index < -0.39 is 11.9 Å². The second-order valence-corrected chi connectivity index (χ2v) is 6.42. The fraction of sp³-hybridized carbons (Fsp3) is 0.667. The van der Waals surface area contributed by atoms with E-state index in [0.717, 1.165) is 31.5 Å². The van der Waals surface area contributed by atoms with Crippen LogP contribution in [-0.4, -0.2) is 35.0 Å². The van der Waals surface area contributed by atoms with Gasteiger partial charge in [-0.05, 0) is 37.2 Å². The van der Waals surface area contributed by atoms with Crippen LogP contribution in [0.15, 0.2) is 12.3 Å². The number of nitrogens with two attached hydrogens (primary N) is 1. The Kier molecular flexibility index (Phi) is 4.62. The number of rotatable bonds is 5. The maximum atomic E-state index is 12.6. The van der Waals surface area contributed by atoms with Crippen molar-refractivity contribution in [3.05, 3.63) is 18.0 Å². The molecule has 3 rings (SSSR count). The highest BCUT2D eigenvalue weighted by atomic mass is 19.4. The molecule has 6 nitrogen and oxygen atoms in total. The van der Waals surface area contributed by atoms with Crippen LogP contribution in [0.4, 0.5) is 19.1 Å². The van der Waals surface area contributed by atoms with Crippen molar-refractivity contribution < 1.29 is 18.0 Å². The molecule has 1 aromatic rings. The average Bonchev–Trinajstić information content (AvgIpc) is 3.12. The van der Waals surface area contributed by atoms with Crippen LogP contribution in [0.2, 0.25) is 0 Å². The number of hydrogen-bond acceptors (Lipinski definition) is 5. The summed E-state index contributed by atoms with van der Waals surface area (Å²) in [6.07, 6.45) is -0.289. The largest absolute Gasteiger partial charge is 0.433 e. The van der Waals surface area contributed by atoms with Crippen LogP contribution in [0.3, 0.4) is 0 Å². The number of fused-ring (bicyclic) bond motifs is 2. The molecule has 1 aromatic heterocycles. The normalized spacial score (nSPS) is 28.8. The molecule has 2 fully saturated rings. The highest BCUT2D eigenvalue weighted by Crippen LogP contribution is 2.47. The van der Waals surface area contributed by atoms with E-state index in [1.807, 2.05) is 0 Å². The number of nitrogens with zero attached hydrogens (tertiary/aromatic N) is 2. The van der Waals surface area contributed by atoms with Gasteiger partial charge in [-0.25, -0.2) is 9.97 Å². The molecule has 4 unspecified atom stereocenters. The second-order valence-electron chi connectivity index (χ2n) is 6.42. The number of alkyl halides is 3. The van der Waals surface area contributed by atoms with E-state index in [0.29, 0.717) is 11.8 Å². The van der Waals surface area contributed by atoms with E-state index in [-0.39, 0.29) is 36.9 Å². The molecule has 0 saturated heterocycles. The first-order chi connectivity index (χ1) is 11.4. The molecular formula is C15H20F3N5O. The summed E-state index contributed by atoms with van der Waals surface area (Å²) >= 11 is 0. The zero-order valence-electron chi connectivity index (χ0n) is 13.0. The van der Waals surface area contributed by atoms with Crippen molar-refractivity contribution in [1.82, 2.24) is 15.3 Å². The molecule has 4 N–H and O–H groups in total. The first-order valence-electron chi connectivity index (χ1n) is 8.03. The Hall–Kier alpha value is -1.90. The molecule has 1 amide bonds. The molecule has 0 aromatic carbocycles. The summed E-state index contributed by atoms with van der Waals surface area (Å²) < 4.78 is 37.7. The number of hydrogen-bond donors (Lipinski definition) is 3. The highest BCUT2D eigenvalue weighted by Gasteiger charge is 2.48. The van der Waals surface area contributed by atoms with Crippen molar-refractivity contribution in [2.75, 3.05) is 18.4 Å². The maximum absolute atomic E-state index is 12.6. The van der Waals surface area contributed by atoms with Crippen molar-refractivity contribution in [2.24, 2.45) is 23.5 Å². The molecule has 2 saturated carbocycles. The zero-order valence-corrected chi connectivity index (χ0v) is 13.0. The van der Waals surface area contributed by atoms with Crippen LogP contribution in [-0.2, 0) is 11.0 Å². The van der Waals surface area contributed by atoms with Gasteiger partial charge >= 0.3 is 6.18 Å². The van der Waals surface area contributed by atoms with Crippen molar-refractivity contribution in [3.8, 4) is 0 Å². The summed E-state index contributed by atoms with van der Waals surface area (Å²) in [5.74, 6) is 0.484. The van der Waals surface area contributed by atoms with E-state index in [1.54, 1.807) is 0 Å². The lowest BCUT2D eigenvalue weighted by Gasteiger charge is -2.27. The van der Waals surface area contributed by atoms with Gasteiger partial charge in [0.15, 0.2) is 0 Å². The SMILES string of the molecule is NC1C2CCC(C2)C1C(=O)NCCNc1nccc(C(F)(F)F)n1. The van der Waals surface area contributed by atoms with Gasteiger partial charge in [-0.3, -0.25) is 4.79 Å². The smallest absolute Gasteiger partial charge is 0.354 e. The van der Waals surface area contributed by atoms with Gasteiger partial charge in [-0.1, -0.05) is 0 Å². The number of nitrogens with one attached hydrogen (secondary N) is 2. The monoisotopic (exact) mass is 343 g/mol. The zero-order chi connectivity index (χ0) is 17.3. The molecule has 2 bridgehead atoms. The molecule has 2 aliphatic carbocycles. The Labute approximate surface area is 137 Å². The number of aromatic nitrogens is 2. The first-order valence-corrected chi connectivity index (χ1v) is 8.03. The van der Waals surface area contributed by atoms with Gasteiger partial charge in [0.05, 0.1) is 5.92 Å². The van der Waals surface area contributed by atoms with Crippen molar-refractivity contribution >= 4 is 11.9 Å². The lowest BCUT2D eigenvalue weighted by Crippen LogP contribution is -2.46. The third-order valence-corrected chi connectivity index (χ3v) is 4.94. The number of halogens is 3. The Morgan fingerprint density at radius 3 is 2.71 bits per heavy atom. The molecule has 4 atom stereocenters. The highest BCUT2D eigenvalue weighted by molar-refractivity contribution is 5.80. The molecule has 9 heteroatoms. The maximum Gasteiger partial charge on any atom is 0.433 e. The predicted octanol–water partition coefficient (Wildman–Crippen LogP) is 1.40. The molecule has 1 heterocycles. The molecule has 0 spiro atoms. The number of anilines is 1. The molecular weight excluding hydrogens is 323 g/mol. The number of amides is 1. The fourth-order valence-electron chi connectivity index (χ4n) is 3.80. The minimum atomic E-state index is -4.51. The van der Waals surface area contributed by atoms with E-state index in [9.17, 15) is 18.0 Å². The van der Waals surface area contributed by atoms with Gasteiger partial charge < -0.3 is 16.4 Å². The Balaban J connectivity index is 1.45. The van der Waals surface area contributed by atoms with E-state index >= 15 is 0 Å². The molecule has 24 heavy (non-hydrogen) atoms. The third kappa shape index (κ3) is 3.45. The van der Waals surface area contributed by atoms with E-state index in [2.05, 4.69) is 20.6 Å². The lowest BCUT2D eigenvalue weighted by molar-refractivity contribution is -0.141. The van der Waals surface area contributed by atoms with Crippen LogP contribution in [0.25, 0.3) is 0 Å². The standard InChI is InChI=1S/C15H20F3N5O/c16-15(17,18)10-3-4-21-14(23-10)22-6-5-20-13(24)11-8-1-2-9(7-8)12(11)19/h3-4,8-9,11-12H,1-2,5-7,19H2,(H,20,24)(H,21,22,23). The Bertz CT molecular complexity index is 607. The van der Waals surface area contributed by atoms with Gasteiger partial charge in [0.1, 0.15) is 5.69 Å². The number of carbonyl (C=O) groups is 1. The Morgan fingerprint density at radius 1 is 1.29 bits per heavy atom. The van der Waals surface area contributed by atoms with Crippen LogP contribution in [0.1, 0.15) is 25.0 Å². The lowest BCUT2D eigenvalue weighted by atomic mass is 9.84. The van der Waals surface area contributed by atoms with E-state index in [4.69, 9.17) is 5.73 Å².